The molecular formula is C31H28F3N5O2. The van der Waals surface area contributed by atoms with Crippen molar-refractivity contribution < 1.29 is 27.1 Å². The van der Waals surface area contributed by atoms with Gasteiger partial charge in [0.15, 0.2) is 5.82 Å². The number of hydrogen-bond donors (Lipinski definition) is 1. The van der Waals surface area contributed by atoms with E-state index < -0.39 is 30.3 Å². The Morgan fingerprint density at radius 1 is 1.29 bits per heavy atom. The lowest BCUT2D eigenvalue weighted by Crippen LogP contribution is -2.43. The molecule has 4 aromatic rings. The van der Waals surface area contributed by atoms with Crippen molar-refractivity contribution in [1.82, 2.24) is 19.9 Å². The van der Waals surface area contributed by atoms with Gasteiger partial charge in [0.2, 0.25) is 0 Å². The summed E-state index contributed by atoms with van der Waals surface area (Å²) in [6, 6.07) is 4.59. The Kier molecular flexibility index (Phi) is 5.22. The van der Waals surface area contributed by atoms with Crippen LogP contribution in [0.4, 0.5) is 19.0 Å². The number of halogens is 3. The number of ether oxygens (including phenoxy) is 1. The number of benzene rings is 2. The molecule has 2 atom stereocenters. The van der Waals surface area contributed by atoms with E-state index in [2.05, 4.69) is 25.8 Å². The Morgan fingerprint density at radius 3 is 2.93 bits per heavy atom. The Labute approximate surface area is 239 Å². The predicted octanol–water partition coefficient (Wildman–Crippen LogP) is 5.36. The Bertz CT molecular complexity index is 1860. The number of fused-ring (bicyclic) bond motifs is 3. The number of rotatable bonds is 6. The summed E-state index contributed by atoms with van der Waals surface area (Å²) in [4.78, 5) is 16.4. The monoisotopic (exact) mass is 562 g/mol. The number of aromatic nitrogens is 3. The molecule has 0 amide bonds. The summed E-state index contributed by atoms with van der Waals surface area (Å²) < 4.78 is 76.5. The first kappa shape index (κ1) is 22.6. The molecule has 3 fully saturated rings. The zero-order valence-electron chi connectivity index (χ0n) is 25.0. The topological polar surface area (TPSA) is 74.6 Å². The minimum Gasteiger partial charge on any atom is -0.508 e. The van der Waals surface area contributed by atoms with Gasteiger partial charge in [-0.3, -0.25) is 9.88 Å². The maximum Gasteiger partial charge on any atom is 0.319 e. The summed E-state index contributed by atoms with van der Waals surface area (Å²) in [5.74, 6) is 0.370. The molecule has 210 valence electrons. The normalized spacial score (nSPS) is 23.7. The first-order valence-electron chi connectivity index (χ1n) is 15.1. The van der Waals surface area contributed by atoms with Gasteiger partial charge in [-0.25, -0.2) is 13.2 Å². The molecule has 7 rings (SSSR count). The smallest absolute Gasteiger partial charge is 0.319 e. The fourth-order valence-corrected chi connectivity index (χ4v) is 6.36. The van der Waals surface area contributed by atoms with Crippen molar-refractivity contribution in [3.63, 3.8) is 0 Å². The molecule has 7 nitrogen and oxygen atoms in total. The van der Waals surface area contributed by atoms with Gasteiger partial charge in [-0.15, -0.1) is 6.42 Å². The molecule has 0 radical (unpaired) electrons. The van der Waals surface area contributed by atoms with Crippen LogP contribution in [-0.4, -0.2) is 69.4 Å². The Hall–Kier alpha value is -4.10. The average Bonchev–Trinajstić information content (AvgIpc) is 3.63. The number of phenolic OH excluding ortho intramolecular Hbond substituents is 1. The van der Waals surface area contributed by atoms with Gasteiger partial charge < -0.3 is 14.7 Å². The number of anilines is 1. The lowest BCUT2D eigenvalue weighted by atomic mass is 9.95. The van der Waals surface area contributed by atoms with E-state index in [9.17, 15) is 13.9 Å². The molecular weight excluding hydrogens is 531 g/mol. The molecule has 10 heteroatoms. The Morgan fingerprint density at radius 2 is 2.15 bits per heavy atom. The minimum atomic E-state index is -2.61. The molecule has 1 aliphatic carbocycles. The van der Waals surface area contributed by atoms with Crippen molar-refractivity contribution in [3.05, 3.63) is 47.7 Å². The number of pyridine rings is 1. The molecule has 3 aliphatic rings. The number of aromatic hydroxyl groups is 1. The Balaban J connectivity index is 1.41. The molecule has 1 saturated carbocycles. The highest BCUT2D eigenvalue weighted by Gasteiger charge is 2.49. The van der Waals surface area contributed by atoms with E-state index in [1.165, 1.54) is 24.4 Å². The van der Waals surface area contributed by atoms with Gasteiger partial charge in [0.1, 0.15) is 41.4 Å². The summed E-state index contributed by atoms with van der Waals surface area (Å²) in [6.07, 6.45) is 9.01. The van der Waals surface area contributed by atoms with Gasteiger partial charge in [0.05, 0.1) is 16.5 Å². The maximum absolute atomic E-state index is 16.6. The minimum absolute atomic E-state index is 0.0322. The van der Waals surface area contributed by atoms with Crippen LogP contribution in [0.3, 0.4) is 0 Å². The van der Waals surface area contributed by atoms with E-state index in [-0.39, 0.29) is 69.8 Å². The van der Waals surface area contributed by atoms with Crippen LogP contribution in [0.5, 0.6) is 11.8 Å². The van der Waals surface area contributed by atoms with E-state index in [1.807, 2.05) is 0 Å². The van der Waals surface area contributed by atoms with Gasteiger partial charge in [-0.1, -0.05) is 12.0 Å². The molecule has 2 aromatic heterocycles. The molecule has 2 saturated heterocycles. The van der Waals surface area contributed by atoms with E-state index in [4.69, 9.17) is 15.3 Å². The third-order valence-corrected chi connectivity index (χ3v) is 8.47. The third kappa shape index (κ3) is 4.22. The second kappa shape index (κ2) is 9.48. The zero-order valence-corrected chi connectivity index (χ0v) is 22.0. The van der Waals surface area contributed by atoms with E-state index >= 15 is 4.39 Å². The number of nitrogens with zero attached hydrogens (tertiary/aromatic N) is 5. The highest BCUT2D eigenvalue weighted by molar-refractivity contribution is 6.03. The molecule has 4 heterocycles. The van der Waals surface area contributed by atoms with Crippen molar-refractivity contribution >= 4 is 27.5 Å². The van der Waals surface area contributed by atoms with Crippen LogP contribution >= 0.6 is 0 Å². The second-order valence-electron chi connectivity index (χ2n) is 11.1. The number of alkyl halides is 1. The number of hydrogen-bond acceptors (Lipinski definition) is 7. The largest absolute Gasteiger partial charge is 0.508 e. The van der Waals surface area contributed by atoms with Crippen molar-refractivity contribution in [2.75, 3.05) is 31.6 Å². The molecule has 0 unspecified atom stereocenters. The third-order valence-electron chi connectivity index (χ3n) is 8.47. The molecule has 2 aromatic carbocycles. The van der Waals surface area contributed by atoms with Gasteiger partial charge >= 0.3 is 6.01 Å². The lowest BCUT2D eigenvalue weighted by molar-refractivity contribution is 0.107. The van der Waals surface area contributed by atoms with E-state index in [0.29, 0.717) is 24.8 Å². The first-order valence-corrected chi connectivity index (χ1v) is 13.6. The summed E-state index contributed by atoms with van der Waals surface area (Å²) in [5.41, 5.74) is -1.19. The summed E-state index contributed by atoms with van der Waals surface area (Å²) in [6.45, 7) is -1.51. The zero-order chi connectivity index (χ0) is 31.0. The maximum atomic E-state index is 16.6. The van der Waals surface area contributed by atoms with Gasteiger partial charge in [-0.2, -0.15) is 9.97 Å². The average molecular weight is 563 g/mol. The fraction of sp³-hybridized carbons (Fsp3) is 0.387. The quantitative estimate of drug-likeness (QED) is 0.317. The number of phenols is 1. The van der Waals surface area contributed by atoms with Crippen LogP contribution in [0.25, 0.3) is 32.9 Å². The highest BCUT2D eigenvalue weighted by atomic mass is 19.1. The second-order valence-corrected chi connectivity index (χ2v) is 11.1. The van der Waals surface area contributed by atoms with Gasteiger partial charge in [0.25, 0.3) is 0 Å². The molecule has 0 spiro atoms. The summed E-state index contributed by atoms with van der Waals surface area (Å²) in [5, 5.41) is 11.0. The van der Waals surface area contributed by atoms with Crippen LogP contribution in [0, 0.1) is 24.0 Å². The standard InChI is InChI=1S/C31H28F3N5O2/c1-3-21-24(33)8-5-17-11-20(40)12-22(25(17)21)27-26(34)28-23(14-35-27)29(38(2)19-6-7-19)37-30(36-28)41-16-31-9-4-10-39(31)15-18(32)13-31/h1,5,8,11-12,14,18-19,40H,4,6-7,9-10,13,15-16H2,2H3/t18-,31+/m1/s1/i2D3. The van der Waals surface area contributed by atoms with Crippen molar-refractivity contribution in [2.24, 2.45) is 0 Å². The molecule has 41 heavy (non-hydrogen) atoms. The molecule has 2 aliphatic heterocycles. The summed E-state index contributed by atoms with van der Waals surface area (Å²) >= 11 is 0. The molecule has 1 N–H and O–H groups in total. The van der Waals surface area contributed by atoms with Crippen molar-refractivity contribution in [2.45, 2.75) is 49.9 Å². The SMILES string of the molecule is [2H]C([2H])([2H])N(c1nc(OC[C@@]23CCCN2C[C@H](F)C3)nc2c(F)c(-c3cc(O)cc4ccc(F)c(C#C)c34)ncc12)C1CC1. The number of terminal acetylenes is 1. The van der Waals surface area contributed by atoms with Gasteiger partial charge in [0, 0.05) is 47.2 Å². The molecule has 0 bridgehead atoms. The van der Waals surface area contributed by atoms with Gasteiger partial charge in [-0.05, 0) is 55.8 Å². The van der Waals surface area contributed by atoms with E-state index in [0.717, 1.165) is 30.4 Å². The van der Waals surface area contributed by atoms with Crippen LogP contribution in [-0.2, 0) is 0 Å². The van der Waals surface area contributed by atoms with Crippen molar-refractivity contribution in [3.8, 4) is 35.4 Å². The van der Waals surface area contributed by atoms with Crippen LogP contribution in [0.2, 0.25) is 0 Å². The fourth-order valence-electron chi connectivity index (χ4n) is 6.36. The predicted molar refractivity (Wildman–Crippen MR) is 150 cm³/mol. The van der Waals surface area contributed by atoms with Crippen LogP contribution in [0.15, 0.2) is 30.5 Å². The van der Waals surface area contributed by atoms with Crippen LogP contribution < -0.4 is 9.64 Å². The van der Waals surface area contributed by atoms with Crippen molar-refractivity contribution in [1.29, 1.82) is 0 Å². The first-order chi connectivity index (χ1) is 21.0. The summed E-state index contributed by atoms with van der Waals surface area (Å²) in [7, 11) is 0. The lowest BCUT2D eigenvalue weighted by Gasteiger charge is -2.31. The highest BCUT2D eigenvalue weighted by Crippen LogP contribution is 2.42. The van der Waals surface area contributed by atoms with E-state index in [1.54, 1.807) is 0 Å². The van der Waals surface area contributed by atoms with Crippen LogP contribution in [0.1, 0.15) is 41.8 Å².